The van der Waals surface area contributed by atoms with Crippen LogP contribution in [0.4, 0.5) is 11.4 Å². The van der Waals surface area contributed by atoms with Gasteiger partial charge in [-0.05, 0) is 38.0 Å². The first-order chi connectivity index (χ1) is 11.0. The maximum absolute atomic E-state index is 11.9. The van der Waals surface area contributed by atoms with Crippen LogP contribution in [-0.4, -0.2) is 30.9 Å². The monoisotopic (exact) mass is 318 g/mol. The first kappa shape index (κ1) is 17.0. The van der Waals surface area contributed by atoms with E-state index in [0.717, 1.165) is 17.7 Å². The van der Waals surface area contributed by atoms with E-state index < -0.39 is 0 Å². The highest BCUT2D eigenvalue weighted by atomic mass is 16.5. The van der Waals surface area contributed by atoms with Gasteiger partial charge < -0.3 is 15.0 Å². The maximum atomic E-state index is 11.9. The Bertz CT molecular complexity index is 613. The lowest BCUT2D eigenvalue weighted by Crippen LogP contribution is -2.24. The molecule has 2 amide bonds. The fourth-order valence-electron chi connectivity index (χ4n) is 2.55. The average molecular weight is 318 g/mol. The van der Waals surface area contributed by atoms with Crippen molar-refractivity contribution >= 4 is 29.2 Å². The Morgan fingerprint density at radius 3 is 2.74 bits per heavy atom. The van der Waals surface area contributed by atoms with E-state index in [1.807, 2.05) is 13.0 Å². The lowest BCUT2D eigenvalue weighted by atomic mass is 10.1. The zero-order valence-corrected chi connectivity index (χ0v) is 13.6. The van der Waals surface area contributed by atoms with Gasteiger partial charge >= 0.3 is 5.97 Å². The van der Waals surface area contributed by atoms with Gasteiger partial charge in [0.25, 0.3) is 0 Å². The molecular formula is C17H22N2O4. The number of ether oxygens (including phenoxy) is 1. The summed E-state index contributed by atoms with van der Waals surface area (Å²) in [7, 11) is 0. The molecule has 0 spiro atoms. The number of nitrogens with one attached hydrogen (secondary N) is 1. The molecule has 1 aromatic rings. The lowest BCUT2D eigenvalue weighted by Gasteiger charge is -2.19. The molecule has 1 heterocycles. The van der Waals surface area contributed by atoms with Crippen molar-refractivity contribution < 1.29 is 19.1 Å². The fourth-order valence-corrected chi connectivity index (χ4v) is 2.55. The minimum Gasteiger partial charge on any atom is -0.466 e. The van der Waals surface area contributed by atoms with Gasteiger partial charge in [0.05, 0.1) is 13.0 Å². The Balaban J connectivity index is 1.99. The molecule has 124 valence electrons. The zero-order valence-electron chi connectivity index (χ0n) is 13.6. The summed E-state index contributed by atoms with van der Waals surface area (Å²) in [5.41, 5.74) is 2.44. The maximum Gasteiger partial charge on any atom is 0.306 e. The summed E-state index contributed by atoms with van der Waals surface area (Å²) < 4.78 is 4.79. The molecule has 0 unspecified atom stereocenters. The fraction of sp³-hybridized carbons (Fsp3) is 0.471. The van der Waals surface area contributed by atoms with Crippen LogP contribution in [0.3, 0.4) is 0 Å². The Labute approximate surface area is 135 Å². The van der Waals surface area contributed by atoms with Crippen LogP contribution >= 0.6 is 0 Å². The molecular weight excluding hydrogens is 296 g/mol. The highest BCUT2D eigenvalue weighted by Gasteiger charge is 2.23. The average Bonchev–Trinajstić information content (AvgIpc) is 2.93. The summed E-state index contributed by atoms with van der Waals surface area (Å²) in [6.45, 7) is 4.68. The second-order valence-corrected chi connectivity index (χ2v) is 5.50. The van der Waals surface area contributed by atoms with Gasteiger partial charge in [-0.1, -0.05) is 6.07 Å². The summed E-state index contributed by atoms with van der Waals surface area (Å²) >= 11 is 0. The van der Waals surface area contributed by atoms with Gasteiger partial charge in [0.1, 0.15) is 0 Å². The van der Waals surface area contributed by atoms with Crippen LogP contribution < -0.4 is 10.2 Å². The first-order valence-electron chi connectivity index (χ1n) is 7.87. The predicted octanol–water partition coefficient (Wildman–Crippen LogP) is 2.40. The molecule has 2 rings (SSSR count). The number of hydrogen-bond donors (Lipinski definition) is 1. The molecule has 1 aliphatic heterocycles. The Morgan fingerprint density at radius 1 is 1.30 bits per heavy atom. The molecule has 0 aliphatic carbocycles. The standard InChI is InChI=1S/C17H22N2O4/c1-3-23-17(22)9-8-15(20)18-13-7-6-12(2)14(11-13)19-10-4-5-16(19)21/h6-7,11H,3-5,8-10H2,1-2H3,(H,18,20). The van der Waals surface area contributed by atoms with Gasteiger partial charge in [-0.3, -0.25) is 14.4 Å². The van der Waals surface area contributed by atoms with Crippen LogP contribution in [0.1, 0.15) is 38.2 Å². The first-order valence-corrected chi connectivity index (χ1v) is 7.87. The molecule has 6 nitrogen and oxygen atoms in total. The van der Waals surface area contributed by atoms with Gasteiger partial charge in [0.15, 0.2) is 0 Å². The second kappa shape index (κ2) is 7.76. The van der Waals surface area contributed by atoms with Gasteiger partial charge in [-0.2, -0.15) is 0 Å². The van der Waals surface area contributed by atoms with Gasteiger partial charge in [0.2, 0.25) is 11.8 Å². The molecule has 0 aromatic heterocycles. The molecule has 1 aromatic carbocycles. The zero-order chi connectivity index (χ0) is 16.8. The minimum absolute atomic E-state index is 0.0585. The van der Waals surface area contributed by atoms with Crippen molar-refractivity contribution in [3.63, 3.8) is 0 Å². The van der Waals surface area contributed by atoms with Crippen LogP contribution in [-0.2, 0) is 19.1 Å². The van der Waals surface area contributed by atoms with Crippen molar-refractivity contribution in [2.24, 2.45) is 0 Å². The number of amides is 2. The molecule has 0 atom stereocenters. The van der Waals surface area contributed by atoms with E-state index in [9.17, 15) is 14.4 Å². The number of hydrogen-bond acceptors (Lipinski definition) is 4. The quantitative estimate of drug-likeness (QED) is 0.817. The van der Waals surface area contributed by atoms with E-state index in [1.54, 1.807) is 24.0 Å². The van der Waals surface area contributed by atoms with Crippen LogP contribution in [0.15, 0.2) is 18.2 Å². The summed E-state index contributed by atoms with van der Waals surface area (Å²) in [6, 6.07) is 5.48. The number of esters is 1. The van der Waals surface area contributed by atoms with E-state index in [0.29, 0.717) is 25.3 Å². The van der Waals surface area contributed by atoms with E-state index >= 15 is 0 Å². The summed E-state index contributed by atoms with van der Waals surface area (Å²) in [5, 5.41) is 2.76. The van der Waals surface area contributed by atoms with Crippen LogP contribution in [0.2, 0.25) is 0 Å². The predicted molar refractivity (Wildman–Crippen MR) is 87.3 cm³/mol. The summed E-state index contributed by atoms with van der Waals surface area (Å²) in [5.74, 6) is -0.519. The second-order valence-electron chi connectivity index (χ2n) is 5.50. The van der Waals surface area contributed by atoms with Crippen molar-refractivity contribution in [3.05, 3.63) is 23.8 Å². The van der Waals surface area contributed by atoms with E-state index in [-0.39, 0.29) is 30.6 Å². The van der Waals surface area contributed by atoms with E-state index in [4.69, 9.17) is 4.74 Å². The van der Waals surface area contributed by atoms with Gasteiger partial charge in [0, 0.05) is 30.8 Å². The van der Waals surface area contributed by atoms with E-state index in [1.165, 1.54) is 0 Å². The van der Waals surface area contributed by atoms with Crippen molar-refractivity contribution in [2.45, 2.75) is 39.5 Å². The van der Waals surface area contributed by atoms with Crippen molar-refractivity contribution in [3.8, 4) is 0 Å². The van der Waals surface area contributed by atoms with Crippen molar-refractivity contribution in [2.75, 3.05) is 23.4 Å². The number of benzene rings is 1. The highest BCUT2D eigenvalue weighted by Crippen LogP contribution is 2.28. The van der Waals surface area contributed by atoms with Crippen LogP contribution in [0.25, 0.3) is 0 Å². The normalized spacial score (nSPS) is 14.0. The molecule has 1 fully saturated rings. The molecule has 0 radical (unpaired) electrons. The molecule has 6 heteroatoms. The van der Waals surface area contributed by atoms with Crippen molar-refractivity contribution in [1.29, 1.82) is 0 Å². The molecule has 1 aliphatic rings. The molecule has 1 N–H and O–H groups in total. The lowest BCUT2D eigenvalue weighted by molar-refractivity contribution is -0.144. The van der Waals surface area contributed by atoms with E-state index in [2.05, 4.69) is 5.32 Å². The number of rotatable bonds is 6. The smallest absolute Gasteiger partial charge is 0.306 e. The van der Waals surface area contributed by atoms with Gasteiger partial charge in [-0.25, -0.2) is 0 Å². The molecule has 0 saturated carbocycles. The summed E-state index contributed by atoms with van der Waals surface area (Å²) in [6.07, 6.45) is 1.55. The van der Waals surface area contributed by atoms with Gasteiger partial charge in [-0.15, -0.1) is 0 Å². The third-order valence-electron chi connectivity index (χ3n) is 3.72. The van der Waals surface area contributed by atoms with Crippen molar-refractivity contribution in [1.82, 2.24) is 0 Å². The Morgan fingerprint density at radius 2 is 2.09 bits per heavy atom. The number of carbonyl (C=O) groups is 3. The minimum atomic E-state index is -0.380. The van der Waals surface area contributed by atoms with Crippen LogP contribution in [0.5, 0.6) is 0 Å². The Hall–Kier alpha value is -2.37. The number of aryl methyl sites for hydroxylation is 1. The number of carbonyl (C=O) groups excluding carboxylic acids is 3. The largest absolute Gasteiger partial charge is 0.466 e. The number of nitrogens with zero attached hydrogens (tertiary/aromatic N) is 1. The molecule has 23 heavy (non-hydrogen) atoms. The third kappa shape index (κ3) is 4.55. The molecule has 1 saturated heterocycles. The molecule has 0 bridgehead atoms. The topological polar surface area (TPSA) is 75.7 Å². The third-order valence-corrected chi connectivity index (χ3v) is 3.72. The number of anilines is 2. The highest BCUT2D eigenvalue weighted by molar-refractivity contribution is 5.98. The summed E-state index contributed by atoms with van der Waals surface area (Å²) in [4.78, 5) is 36.8. The van der Waals surface area contributed by atoms with Crippen LogP contribution in [0, 0.1) is 6.92 Å². The Kier molecular flexibility index (Phi) is 5.73. The SMILES string of the molecule is CCOC(=O)CCC(=O)Nc1ccc(C)c(N2CCCC2=O)c1.